The Bertz CT molecular complexity index is 1180. The number of hydrogen-bond acceptors (Lipinski definition) is 5. The summed E-state index contributed by atoms with van der Waals surface area (Å²) in [5.41, 5.74) is 5.70. The molecule has 4 rings (SSSR count). The maximum atomic E-state index is 12.5. The minimum absolute atomic E-state index is 0.0743. The molecular formula is C21H21N5OS. The molecule has 0 aliphatic heterocycles. The Morgan fingerprint density at radius 2 is 1.96 bits per heavy atom. The standard InChI is InChI=1S/C21H21N5OS/c1-4-14-9-7-8-13(2)18(14)22-17(27)12-28-21-23-20-19(24-25-21)15-10-5-6-11-16(15)26(20)3/h5-11H,4,12H2,1-3H3,(H,22,27). The van der Waals surface area contributed by atoms with E-state index in [0.717, 1.165) is 45.3 Å². The van der Waals surface area contributed by atoms with Crippen molar-refractivity contribution in [2.75, 3.05) is 11.1 Å². The van der Waals surface area contributed by atoms with Crippen molar-refractivity contribution in [3.8, 4) is 0 Å². The third kappa shape index (κ3) is 3.33. The van der Waals surface area contributed by atoms with E-state index in [1.54, 1.807) is 0 Å². The maximum Gasteiger partial charge on any atom is 0.234 e. The van der Waals surface area contributed by atoms with E-state index in [2.05, 4.69) is 27.4 Å². The summed E-state index contributed by atoms with van der Waals surface area (Å²) in [6, 6.07) is 14.1. The van der Waals surface area contributed by atoms with Crippen molar-refractivity contribution in [3.63, 3.8) is 0 Å². The van der Waals surface area contributed by atoms with Gasteiger partial charge in [-0.2, -0.15) is 0 Å². The van der Waals surface area contributed by atoms with E-state index in [-0.39, 0.29) is 11.7 Å². The van der Waals surface area contributed by atoms with Crippen LogP contribution in [0.25, 0.3) is 22.1 Å². The van der Waals surface area contributed by atoms with E-state index < -0.39 is 0 Å². The topological polar surface area (TPSA) is 72.7 Å². The number of carbonyl (C=O) groups excluding carboxylic acids is 1. The molecule has 142 valence electrons. The summed E-state index contributed by atoms with van der Waals surface area (Å²) in [6.45, 7) is 4.08. The lowest BCUT2D eigenvalue weighted by Crippen LogP contribution is -2.16. The molecule has 0 radical (unpaired) electrons. The highest BCUT2D eigenvalue weighted by Crippen LogP contribution is 2.26. The summed E-state index contributed by atoms with van der Waals surface area (Å²) in [6.07, 6.45) is 0.870. The average molecular weight is 392 g/mol. The molecule has 0 saturated heterocycles. The highest BCUT2D eigenvalue weighted by Gasteiger charge is 2.14. The predicted octanol–water partition coefficient (Wildman–Crippen LogP) is 4.12. The SMILES string of the molecule is CCc1cccc(C)c1NC(=O)CSc1nnc2c3ccccc3n(C)c2n1. The molecule has 28 heavy (non-hydrogen) atoms. The summed E-state index contributed by atoms with van der Waals surface area (Å²) in [7, 11) is 1.96. The van der Waals surface area contributed by atoms with Gasteiger partial charge in [0.25, 0.3) is 0 Å². The number of nitrogens with zero attached hydrogens (tertiary/aromatic N) is 4. The molecular weight excluding hydrogens is 370 g/mol. The summed E-state index contributed by atoms with van der Waals surface area (Å²) >= 11 is 1.29. The van der Waals surface area contributed by atoms with Crippen LogP contribution in [0.15, 0.2) is 47.6 Å². The zero-order valence-electron chi connectivity index (χ0n) is 16.1. The monoisotopic (exact) mass is 391 g/mol. The maximum absolute atomic E-state index is 12.5. The smallest absolute Gasteiger partial charge is 0.234 e. The third-order valence-electron chi connectivity index (χ3n) is 4.82. The first kappa shape index (κ1) is 18.4. The molecule has 2 aromatic carbocycles. The Morgan fingerprint density at radius 3 is 2.79 bits per heavy atom. The van der Waals surface area contributed by atoms with Crippen LogP contribution in [0.4, 0.5) is 5.69 Å². The Balaban J connectivity index is 1.52. The van der Waals surface area contributed by atoms with Gasteiger partial charge in [-0.25, -0.2) is 4.98 Å². The van der Waals surface area contributed by atoms with E-state index in [9.17, 15) is 4.79 Å². The normalized spacial score (nSPS) is 11.2. The van der Waals surface area contributed by atoms with Crippen LogP contribution in [-0.2, 0) is 18.3 Å². The van der Waals surface area contributed by atoms with Crippen LogP contribution in [0.2, 0.25) is 0 Å². The molecule has 2 aromatic heterocycles. The number of carbonyl (C=O) groups is 1. The molecule has 0 unspecified atom stereocenters. The molecule has 0 aliphatic rings. The van der Waals surface area contributed by atoms with Crippen molar-refractivity contribution >= 4 is 45.4 Å². The Morgan fingerprint density at radius 1 is 1.14 bits per heavy atom. The van der Waals surface area contributed by atoms with Crippen LogP contribution in [-0.4, -0.2) is 31.4 Å². The fourth-order valence-electron chi connectivity index (χ4n) is 3.36. The minimum atomic E-state index is -0.0743. The summed E-state index contributed by atoms with van der Waals surface area (Å²) in [5.74, 6) is 0.156. The number of aryl methyl sites for hydroxylation is 3. The number of thioether (sulfide) groups is 1. The van der Waals surface area contributed by atoms with E-state index in [0.29, 0.717) is 5.16 Å². The predicted molar refractivity (Wildman–Crippen MR) is 114 cm³/mol. The van der Waals surface area contributed by atoms with Crippen molar-refractivity contribution in [1.82, 2.24) is 19.7 Å². The van der Waals surface area contributed by atoms with Gasteiger partial charge in [0.05, 0.1) is 11.3 Å². The fourth-order valence-corrected chi connectivity index (χ4v) is 3.94. The summed E-state index contributed by atoms with van der Waals surface area (Å²) in [5, 5.41) is 13.1. The molecule has 6 nitrogen and oxygen atoms in total. The van der Waals surface area contributed by atoms with E-state index in [1.807, 2.05) is 61.0 Å². The van der Waals surface area contributed by atoms with Gasteiger partial charge in [-0.15, -0.1) is 10.2 Å². The molecule has 0 bridgehead atoms. The van der Waals surface area contributed by atoms with Gasteiger partial charge < -0.3 is 9.88 Å². The molecule has 1 amide bonds. The second kappa shape index (κ2) is 7.59. The van der Waals surface area contributed by atoms with Crippen LogP contribution >= 0.6 is 11.8 Å². The first-order valence-electron chi connectivity index (χ1n) is 9.17. The molecule has 0 fully saturated rings. The van der Waals surface area contributed by atoms with Gasteiger partial charge in [-0.05, 0) is 30.5 Å². The largest absolute Gasteiger partial charge is 0.327 e. The second-order valence-electron chi connectivity index (χ2n) is 6.64. The van der Waals surface area contributed by atoms with Gasteiger partial charge in [-0.1, -0.05) is 55.1 Å². The van der Waals surface area contributed by atoms with Gasteiger partial charge in [0.15, 0.2) is 5.65 Å². The lowest BCUT2D eigenvalue weighted by atomic mass is 10.1. The number of anilines is 1. The van der Waals surface area contributed by atoms with Crippen molar-refractivity contribution in [2.45, 2.75) is 25.4 Å². The van der Waals surface area contributed by atoms with Gasteiger partial charge in [0.1, 0.15) is 5.52 Å². The number of rotatable bonds is 5. The van der Waals surface area contributed by atoms with Crippen LogP contribution in [0.1, 0.15) is 18.1 Å². The summed E-state index contributed by atoms with van der Waals surface area (Å²) < 4.78 is 2.00. The van der Waals surface area contributed by atoms with E-state index in [1.165, 1.54) is 11.8 Å². The number of nitrogens with one attached hydrogen (secondary N) is 1. The van der Waals surface area contributed by atoms with Crippen molar-refractivity contribution in [3.05, 3.63) is 53.6 Å². The van der Waals surface area contributed by atoms with Crippen molar-refractivity contribution < 1.29 is 4.79 Å². The molecule has 4 aromatic rings. The first-order valence-corrected chi connectivity index (χ1v) is 10.2. The number of para-hydroxylation sites is 2. The molecule has 0 spiro atoms. The highest BCUT2D eigenvalue weighted by molar-refractivity contribution is 7.99. The molecule has 0 aliphatic carbocycles. The van der Waals surface area contributed by atoms with Crippen molar-refractivity contribution in [1.29, 1.82) is 0 Å². The Kier molecular flexibility index (Phi) is 5.00. The average Bonchev–Trinajstić information content (AvgIpc) is 3.00. The van der Waals surface area contributed by atoms with Crippen LogP contribution in [0, 0.1) is 6.92 Å². The Hall–Kier alpha value is -2.93. The number of amides is 1. The molecule has 7 heteroatoms. The molecule has 0 saturated carbocycles. The lowest BCUT2D eigenvalue weighted by Gasteiger charge is -2.12. The number of hydrogen-bond donors (Lipinski definition) is 1. The van der Waals surface area contributed by atoms with Crippen LogP contribution in [0.5, 0.6) is 0 Å². The van der Waals surface area contributed by atoms with E-state index in [4.69, 9.17) is 0 Å². The van der Waals surface area contributed by atoms with E-state index >= 15 is 0 Å². The molecule has 0 atom stereocenters. The second-order valence-corrected chi connectivity index (χ2v) is 7.58. The quantitative estimate of drug-likeness (QED) is 0.518. The molecule has 2 heterocycles. The van der Waals surface area contributed by atoms with Crippen LogP contribution < -0.4 is 5.32 Å². The zero-order valence-corrected chi connectivity index (χ0v) is 16.9. The third-order valence-corrected chi connectivity index (χ3v) is 5.66. The van der Waals surface area contributed by atoms with Crippen molar-refractivity contribution in [2.24, 2.45) is 7.05 Å². The van der Waals surface area contributed by atoms with Gasteiger partial charge in [0, 0.05) is 18.1 Å². The van der Waals surface area contributed by atoms with Gasteiger partial charge >= 0.3 is 0 Å². The fraction of sp³-hybridized carbons (Fsp3) is 0.238. The summed E-state index contributed by atoms with van der Waals surface area (Å²) in [4.78, 5) is 17.1. The Labute approximate surface area is 167 Å². The van der Waals surface area contributed by atoms with Gasteiger partial charge in [-0.3, -0.25) is 4.79 Å². The molecule has 1 N–H and O–H groups in total. The van der Waals surface area contributed by atoms with Gasteiger partial charge in [0.2, 0.25) is 11.1 Å². The van der Waals surface area contributed by atoms with Crippen LogP contribution in [0.3, 0.4) is 0 Å². The first-order chi connectivity index (χ1) is 13.6. The zero-order chi connectivity index (χ0) is 19.7. The minimum Gasteiger partial charge on any atom is -0.327 e. The lowest BCUT2D eigenvalue weighted by molar-refractivity contribution is -0.113. The number of benzene rings is 2. The number of aromatic nitrogens is 4. The number of fused-ring (bicyclic) bond motifs is 3. The highest BCUT2D eigenvalue weighted by atomic mass is 32.2.